The van der Waals surface area contributed by atoms with Gasteiger partial charge in [-0.25, -0.2) is 4.98 Å². The average Bonchev–Trinajstić information content (AvgIpc) is 3.02. The van der Waals surface area contributed by atoms with Crippen molar-refractivity contribution in [3.8, 4) is 11.5 Å². The Balaban J connectivity index is 1.62. The molecule has 0 aliphatic rings. The summed E-state index contributed by atoms with van der Waals surface area (Å²) < 4.78 is 5.15. The molecule has 6 nitrogen and oxygen atoms in total. The third kappa shape index (κ3) is 3.99. The second-order valence-electron chi connectivity index (χ2n) is 5.18. The highest BCUT2D eigenvalue weighted by Crippen LogP contribution is 2.23. The van der Waals surface area contributed by atoms with Crippen LogP contribution in [0.4, 0.5) is 5.69 Å². The number of benzene rings is 1. The molecule has 0 atom stereocenters. The predicted molar refractivity (Wildman–Crippen MR) is 92.8 cm³/mol. The summed E-state index contributed by atoms with van der Waals surface area (Å²) in [5.74, 6) is 1.22. The third-order valence-electron chi connectivity index (χ3n) is 3.28. The van der Waals surface area contributed by atoms with Gasteiger partial charge >= 0.3 is 0 Å². The standard InChI is InChI=1S/C17H16N4O2S/c1-11-5-3-4-6-14(11)20-15(22)10-24-16-9-13(7-8-18-16)17-19-12(2)21-23-17/h3-9H,10H2,1-2H3,(H,20,22). The molecule has 3 rings (SSSR count). The molecule has 0 unspecified atom stereocenters. The van der Waals surface area contributed by atoms with Gasteiger partial charge in [0, 0.05) is 17.4 Å². The Labute approximate surface area is 143 Å². The van der Waals surface area contributed by atoms with E-state index in [9.17, 15) is 4.79 Å². The van der Waals surface area contributed by atoms with Crippen LogP contribution >= 0.6 is 11.8 Å². The van der Waals surface area contributed by atoms with Gasteiger partial charge in [0.05, 0.1) is 10.8 Å². The maximum Gasteiger partial charge on any atom is 0.258 e. The number of pyridine rings is 1. The molecule has 0 saturated heterocycles. The lowest BCUT2D eigenvalue weighted by molar-refractivity contribution is -0.113. The van der Waals surface area contributed by atoms with Gasteiger partial charge in [-0.15, -0.1) is 0 Å². The van der Waals surface area contributed by atoms with Crippen LogP contribution in [0.25, 0.3) is 11.5 Å². The monoisotopic (exact) mass is 340 g/mol. The normalized spacial score (nSPS) is 10.6. The molecule has 0 aliphatic carbocycles. The van der Waals surface area contributed by atoms with E-state index in [2.05, 4.69) is 20.4 Å². The molecule has 0 bridgehead atoms. The lowest BCUT2D eigenvalue weighted by Crippen LogP contribution is -2.14. The minimum Gasteiger partial charge on any atom is -0.334 e. The van der Waals surface area contributed by atoms with Crippen molar-refractivity contribution in [2.75, 3.05) is 11.1 Å². The van der Waals surface area contributed by atoms with E-state index in [0.29, 0.717) is 11.7 Å². The number of nitrogens with zero attached hydrogens (tertiary/aromatic N) is 3. The average molecular weight is 340 g/mol. The second kappa shape index (κ2) is 7.27. The minimum atomic E-state index is -0.0739. The molecule has 1 aromatic carbocycles. The summed E-state index contributed by atoms with van der Waals surface area (Å²) >= 11 is 1.36. The SMILES string of the molecule is Cc1noc(-c2ccnc(SCC(=O)Nc3ccccc3C)c2)n1. The Morgan fingerprint density at radius 2 is 2.08 bits per heavy atom. The number of nitrogens with one attached hydrogen (secondary N) is 1. The highest BCUT2D eigenvalue weighted by atomic mass is 32.2. The van der Waals surface area contributed by atoms with E-state index in [1.165, 1.54) is 11.8 Å². The molecule has 122 valence electrons. The van der Waals surface area contributed by atoms with Crippen molar-refractivity contribution in [1.29, 1.82) is 0 Å². The first-order valence-electron chi connectivity index (χ1n) is 7.37. The summed E-state index contributed by atoms with van der Waals surface area (Å²) in [7, 11) is 0. The zero-order chi connectivity index (χ0) is 16.9. The second-order valence-corrected chi connectivity index (χ2v) is 6.18. The van der Waals surface area contributed by atoms with Gasteiger partial charge in [0.1, 0.15) is 0 Å². The minimum absolute atomic E-state index is 0.0739. The first kappa shape index (κ1) is 16.2. The maximum atomic E-state index is 12.1. The van der Waals surface area contributed by atoms with Crippen molar-refractivity contribution >= 4 is 23.4 Å². The van der Waals surface area contributed by atoms with Gasteiger partial charge in [0.25, 0.3) is 5.89 Å². The van der Waals surface area contributed by atoms with Gasteiger partial charge in [-0.3, -0.25) is 4.79 Å². The molecule has 1 N–H and O–H groups in total. The fourth-order valence-electron chi connectivity index (χ4n) is 2.07. The molecule has 3 aromatic rings. The number of rotatable bonds is 5. The third-order valence-corrected chi connectivity index (χ3v) is 4.21. The number of aryl methyl sites for hydroxylation is 2. The number of anilines is 1. The number of aromatic nitrogens is 3. The summed E-state index contributed by atoms with van der Waals surface area (Å²) in [5, 5.41) is 7.40. The van der Waals surface area contributed by atoms with Crippen LogP contribution in [0.3, 0.4) is 0 Å². The van der Waals surface area contributed by atoms with Gasteiger partial charge in [-0.05, 0) is 37.6 Å². The molecule has 0 spiro atoms. The smallest absolute Gasteiger partial charge is 0.258 e. The quantitative estimate of drug-likeness (QED) is 0.716. The van der Waals surface area contributed by atoms with Crippen molar-refractivity contribution in [3.05, 3.63) is 54.0 Å². The summed E-state index contributed by atoms with van der Waals surface area (Å²) in [5.41, 5.74) is 2.64. The largest absolute Gasteiger partial charge is 0.334 e. The molecule has 1 amide bonds. The number of hydrogen-bond acceptors (Lipinski definition) is 6. The van der Waals surface area contributed by atoms with Crippen LogP contribution in [0.5, 0.6) is 0 Å². The number of thioether (sulfide) groups is 1. The molecule has 2 aromatic heterocycles. The van der Waals surface area contributed by atoms with E-state index in [-0.39, 0.29) is 11.7 Å². The van der Waals surface area contributed by atoms with E-state index >= 15 is 0 Å². The highest BCUT2D eigenvalue weighted by molar-refractivity contribution is 7.99. The van der Waals surface area contributed by atoms with Crippen LogP contribution in [0.1, 0.15) is 11.4 Å². The van der Waals surface area contributed by atoms with Gasteiger partial charge in [-0.2, -0.15) is 4.98 Å². The molecule has 0 aliphatic heterocycles. The fraction of sp³-hybridized carbons (Fsp3) is 0.176. The number of amides is 1. The number of carbonyl (C=O) groups excluding carboxylic acids is 1. The van der Waals surface area contributed by atoms with Crippen molar-refractivity contribution in [2.24, 2.45) is 0 Å². The Kier molecular flexibility index (Phi) is 4.90. The Morgan fingerprint density at radius 1 is 1.25 bits per heavy atom. The van der Waals surface area contributed by atoms with Gasteiger partial charge in [0.2, 0.25) is 5.91 Å². The first-order valence-corrected chi connectivity index (χ1v) is 8.35. The van der Waals surface area contributed by atoms with Crippen LogP contribution in [0.2, 0.25) is 0 Å². The Bertz CT molecular complexity index is 863. The van der Waals surface area contributed by atoms with Crippen molar-refractivity contribution in [1.82, 2.24) is 15.1 Å². The van der Waals surface area contributed by atoms with Crippen LogP contribution in [-0.4, -0.2) is 26.8 Å². The zero-order valence-electron chi connectivity index (χ0n) is 13.3. The van der Waals surface area contributed by atoms with Crippen LogP contribution < -0.4 is 5.32 Å². The maximum absolute atomic E-state index is 12.1. The van der Waals surface area contributed by atoms with E-state index < -0.39 is 0 Å². The molecule has 0 fully saturated rings. The summed E-state index contributed by atoms with van der Waals surface area (Å²) in [6, 6.07) is 11.3. The first-order chi connectivity index (χ1) is 11.6. The number of hydrogen-bond donors (Lipinski definition) is 1. The van der Waals surface area contributed by atoms with E-state index in [1.54, 1.807) is 19.2 Å². The van der Waals surface area contributed by atoms with Crippen LogP contribution in [0.15, 0.2) is 52.1 Å². The van der Waals surface area contributed by atoms with Crippen molar-refractivity contribution in [2.45, 2.75) is 18.9 Å². The molecule has 0 radical (unpaired) electrons. The number of carbonyl (C=O) groups is 1. The van der Waals surface area contributed by atoms with Gasteiger partial charge in [0.15, 0.2) is 5.82 Å². The lowest BCUT2D eigenvalue weighted by atomic mass is 10.2. The van der Waals surface area contributed by atoms with E-state index in [4.69, 9.17) is 4.52 Å². The predicted octanol–water partition coefficient (Wildman–Crippen LogP) is 3.48. The summed E-state index contributed by atoms with van der Waals surface area (Å²) in [6.07, 6.45) is 1.66. The molecule has 24 heavy (non-hydrogen) atoms. The lowest BCUT2D eigenvalue weighted by Gasteiger charge is -2.07. The molecule has 0 saturated carbocycles. The summed E-state index contributed by atoms with van der Waals surface area (Å²) in [4.78, 5) is 20.5. The molecular weight excluding hydrogens is 324 g/mol. The molecular formula is C17H16N4O2S. The van der Waals surface area contributed by atoms with E-state index in [1.807, 2.05) is 37.3 Å². The highest BCUT2D eigenvalue weighted by Gasteiger charge is 2.10. The zero-order valence-corrected chi connectivity index (χ0v) is 14.1. The van der Waals surface area contributed by atoms with Crippen molar-refractivity contribution < 1.29 is 9.32 Å². The fourth-order valence-corrected chi connectivity index (χ4v) is 2.77. The van der Waals surface area contributed by atoms with Crippen LogP contribution in [-0.2, 0) is 4.79 Å². The topological polar surface area (TPSA) is 80.9 Å². The molecule has 7 heteroatoms. The van der Waals surface area contributed by atoms with Gasteiger partial charge < -0.3 is 9.84 Å². The van der Waals surface area contributed by atoms with Gasteiger partial charge in [-0.1, -0.05) is 35.1 Å². The summed E-state index contributed by atoms with van der Waals surface area (Å²) in [6.45, 7) is 3.72. The number of para-hydroxylation sites is 1. The van der Waals surface area contributed by atoms with E-state index in [0.717, 1.165) is 21.8 Å². The van der Waals surface area contributed by atoms with Crippen LogP contribution in [0, 0.1) is 13.8 Å². The molecule has 2 heterocycles. The Hall–Kier alpha value is -2.67. The van der Waals surface area contributed by atoms with Crippen molar-refractivity contribution in [3.63, 3.8) is 0 Å². The Morgan fingerprint density at radius 3 is 2.83 bits per heavy atom.